The van der Waals surface area contributed by atoms with Gasteiger partial charge >= 0.3 is 36.6 Å². The summed E-state index contributed by atoms with van der Waals surface area (Å²) in [4.78, 5) is 37.9. The number of ether oxygens (including phenoxy) is 5. The molecule has 0 saturated carbocycles. The third-order valence-corrected chi connectivity index (χ3v) is 8.23. The zero-order chi connectivity index (χ0) is 42.3. The summed E-state index contributed by atoms with van der Waals surface area (Å²) in [6, 6.07) is 3.93. The third kappa shape index (κ3) is 12.6. The summed E-state index contributed by atoms with van der Waals surface area (Å²) in [5.74, 6) is -3.99. The lowest BCUT2D eigenvalue weighted by molar-refractivity contribution is -0.708. The van der Waals surface area contributed by atoms with Crippen molar-refractivity contribution in [2.75, 3.05) is 20.3 Å². The summed E-state index contributed by atoms with van der Waals surface area (Å²) < 4.78 is 165. The Morgan fingerprint density at radius 1 is 0.702 bits per heavy atom. The molecule has 57 heavy (non-hydrogen) atoms. The number of nitrogens with two attached hydrogens (primary N) is 1. The summed E-state index contributed by atoms with van der Waals surface area (Å²) in [7, 11) is 1.20. The Morgan fingerprint density at radius 3 is 1.68 bits per heavy atom. The summed E-state index contributed by atoms with van der Waals surface area (Å²) >= 11 is 0. The number of quaternary nitrogens is 1. The first kappa shape index (κ1) is 48.4. The van der Waals surface area contributed by atoms with Gasteiger partial charge in [-0.1, -0.05) is 19.9 Å². The van der Waals surface area contributed by atoms with Crippen LogP contribution in [0.5, 0.6) is 5.75 Å². The first-order chi connectivity index (χ1) is 25.9. The third-order valence-electron chi connectivity index (χ3n) is 8.23. The van der Waals surface area contributed by atoms with E-state index >= 15 is 0 Å². The highest BCUT2D eigenvalue weighted by atomic mass is 35.5. The van der Waals surface area contributed by atoms with E-state index in [4.69, 9.17) is 14.2 Å². The van der Waals surface area contributed by atoms with E-state index in [1.165, 1.54) is 33.9 Å². The lowest BCUT2D eigenvalue weighted by Crippen LogP contribution is -3.00. The molecule has 0 spiro atoms. The predicted molar refractivity (Wildman–Crippen MR) is 176 cm³/mol. The Hall–Kier alpha value is -4.78. The van der Waals surface area contributed by atoms with Crippen molar-refractivity contribution >= 4 is 18.1 Å². The van der Waals surface area contributed by atoms with Gasteiger partial charge in [0.1, 0.15) is 24.2 Å². The molecule has 20 heteroatoms. The molecule has 0 saturated heterocycles. The predicted octanol–water partition coefficient (Wildman–Crippen LogP) is 5.53. The summed E-state index contributed by atoms with van der Waals surface area (Å²) in [6.07, 6.45) is -22.0. The Bertz CT molecular complexity index is 1830. The number of esters is 2. The molecule has 0 bridgehead atoms. The minimum atomic E-state index is -5.34. The van der Waals surface area contributed by atoms with E-state index in [0.717, 1.165) is 29.6 Å². The molecule has 0 heterocycles. The zero-order valence-corrected chi connectivity index (χ0v) is 31.8. The van der Waals surface area contributed by atoms with Crippen LogP contribution in [-0.2, 0) is 53.6 Å². The van der Waals surface area contributed by atoms with Gasteiger partial charge in [0, 0.05) is 17.2 Å². The number of methoxy groups -OCH3 is 1. The maximum absolute atomic E-state index is 14.9. The Kier molecular flexibility index (Phi) is 16.6. The molecule has 0 fully saturated rings. The quantitative estimate of drug-likeness (QED) is 0.0977. The molecule has 0 aliphatic heterocycles. The van der Waals surface area contributed by atoms with Crippen LogP contribution in [0.3, 0.4) is 0 Å². The van der Waals surface area contributed by atoms with E-state index in [9.17, 15) is 58.3 Å². The van der Waals surface area contributed by atoms with Gasteiger partial charge in [-0.2, -0.15) is 39.5 Å². The van der Waals surface area contributed by atoms with E-state index in [2.05, 4.69) is 9.47 Å². The van der Waals surface area contributed by atoms with Gasteiger partial charge < -0.3 is 41.4 Å². The number of alkyl halides is 9. The number of halogens is 11. The van der Waals surface area contributed by atoms with Gasteiger partial charge in [-0.25, -0.2) is 18.8 Å². The molecular formula is C37H38ClF10NO8. The molecular weight excluding hydrogens is 812 g/mol. The highest BCUT2D eigenvalue weighted by Gasteiger charge is 2.41. The second-order valence-electron chi connectivity index (χ2n) is 12.5. The van der Waals surface area contributed by atoms with E-state index in [0.29, 0.717) is 0 Å². The topological polar surface area (TPSA) is 114 Å². The van der Waals surface area contributed by atoms with Crippen molar-refractivity contribution in [2.45, 2.75) is 83.9 Å². The van der Waals surface area contributed by atoms with Crippen LogP contribution in [0.2, 0.25) is 0 Å². The maximum atomic E-state index is 14.9. The fourth-order valence-corrected chi connectivity index (χ4v) is 5.51. The molecule has 9 nitrogen and oxygen atoms in total. The average molecular weight is 850 g/mol. The average Bonchev–Trinajstić information content (AvgIpc) is 3.10. The van der Waals surface area contributed by atoms with Crippen molar-refractivity contribution in [3.05, 3.63) is 87.7 Å². The van der Waals surface area contributed by atoms with Crippen LogP contribution in [0.1, 0.15) is 80.0 Å². The fourth-order valence-electron chi connectivity index (χ4n) is 5.51. The number of hydrogen-bond donors (Lipinski definition) is 1. The number of benzene rings is 3. The van der Waals surface area contributed by atoms with Crippen LogP contribution in [0.25, 0.3) is 11.1 Å². The standard InChI is InChI=1S/C37H37F10NO8.ClH/c1-7-53-32(49)31(33(50)54-8-2)56-34(51)55-30(20-11-23(36(42,43)44)14-24(12-20)37(45,46)47)19(5)48-17-21-13-22(35(39,40)41)9-10-25(21)27-15-26(18(3)4)28(38)16-29(27)52-6;/h9-16,18-19,30-31,48H,7-8,17H2,1-6H3;1H/t19-,30-;/m0./s1. The van der Waals surface area contributed by atoms with E-state index in [1.54, 1.807) is 13.8 Å². The van der Waals surface area contributed by atoms with Crippen LogP contribution >= 0.6 is 0 Å². The van der Waals surface area contributed by atoms with E-state index in [-0.39, 0.29) is 77.7 Å². The molecule has 2 N–H and O–H groups in total. The first-order valence-corrected chi connectivity index (χ1v) is 16.8. The highest BCUT2D eigenvalue weighted by Crippen LogP contribution is 2.41. The first-order valence-electron chi connectivity index (χ1n) is 16.8. The number of rotatable bonds is 14. The summed E-state index contributed by atoms with van der Waals surface area (Å²) in [5.41, 5.74) is -5.26. The molecule has 0 aliphatic rings. The lowest BCUT2D eigenvalue weighted by Gasteiger charge is -2.26. The molecule has 0 aromatic heterocycles. The van der Waals surface area contributed by atoms with Crippen LogP contribution in [-0.4, -0.2) is 50.6 Å². The number of carbonyl (C=O) groups is 3. The number of carbonyl (C=O) groups excluding carboxylic acids is 3. The van der Waals surface area contributed by atoms with Gasteiger partial charge in [-0.15, -0.1) is 0 Å². The van der Waals surface area contributed by atoms with Crippen molar-refractivity contribution in [1.29, 1.82) is 0 Å². The van der Waals surface area contributed by atoms with Crippen molar-refractivity contribution in [1.82, 2.24) is 0 Å². The highest BCUT2D eigenvalue weighted by molar-refractivity contribution is 5.99. The SMILES string of the molecule is CCOC(=O)C(OC(=O)O[C@H](c1cc(C(F)(F)F)cc(C(F)(F)F)c1)[C@H](C)[NH2+]Cc1cc(C(F)(F)F)ccc1-c1cc(C(C)C)c(F)cc1OC)C(=O)OCC.[Cl-]. The van der Waals surface area contributed by atoms with Gasteiger partial charge in [0.05, 0.1) is 37.0 Å². The minimum Gasteiger partial charge on any atom is -1.00 e. The van der Waals surface area contributed by atoms with Crippen LogP contribution in [0.15, 0.2) is 48.5 Å². The van der Waals surface area contributed by atoms with E-state index in [1.807, 2.05) is 0 Å². The second kappa shape index (κ2) is 19.6. The van der Waals surface area contributed by atoms with Gasteiger partial charge in [0.15, 0.2) is 6.10 Å². The van der Waals surface area contributed by atoms with E-state index < -0.39 is 89.5 Å². The van der Waals surface area contributed by atoms with Gasteiger partial charge in [-0.3, -0.25) is 0 Å². The van der Waals surface area contributed by atoms with Crippen molar-refractivity contribution in [2.24, 2.45) is 0 Å². The van der Waals surface area contributed by atoms with Crippen molar-refractivity contribution < 1.29 is 99.7 Å². The van der Waals surface area contributed by atoms with Crippen LogP contribution in [0.4, 0.5) is 48.7 Å². The molecule has 2 atom stereocenters. The molecule has 3 rings (SSSR count). The van der Waals surface area contributed by atoms with Gasteiger partial charge in [0.2, 0.25) is 0 Å². The molecule has 0 radical (unpaired) electrons. The summed E-state index contributed by atoms with van der Waals surface area (Å²) in [6.45, 7) is 6.06. The monoisotopic (exact) mass is 849 g/mol. The normalized spacial score (nSPS) is 13.1. The zero-order valence-electron chi connectivity index (χ0n) is 31.1. The Morgan fingerprint density at radius 2 is 1.23 bits per heavy atom. The molecule has 0 unspecified atom stereocenters. The van der Waals surface area contributed by atoms with Gasteiger partial charge in [-0.05, 0) is 79.8 Å². The fraction of sp³-hybridized carbons (Fsp3) is 0.432. The minimum absolute atomic E-state index is 0. The summed E-state index contributed by atoms with van der Waals surface area (Å²) in [5, 5.41) is 1.15. The molecule has 3 aromatic carbocycles. The molecule has 0 amide bonds. The number of hydrogen-bond acceptors (Lipinski definition) is 8. The molecule has 316 valence electrons. The van der Waals surface area contributed by atoms with Crippen LogP contribution in [0, 0.1) is 5.82 Å². The Labute approximate surface area is 326 Å². The second-order valence-corrected chi connectivity index (χ2v) is 12.5. The molecule has 0 aliphatic carbocycles. The smallest absolute Gasteiger partial charge is 0.510 e. The maximum Gasteiger partial charge on any atom is 0.510 e. The van der Waals surface area contributed by atoms with Gasteiger partial charge in [0.25, 0.3) is 6.10 Å². The largest absolute Gasteiger partial charge is 1.00 e. The van der Waals surface area contributed by atoms with Crippen LogP contribution < -0.4 is 22.5 Å². The molecule has 3 aromatic rings. The Balaban J connectivity index is 0.0000112. The van der Waals surface area contributed by atoms with Crippen molar-refractivity contribution in [3.8, 4) is 16.9 Å². The van der Waals surface area contributed by atoms with Crippen molar-refractivity contribution in [3.63, 3.8) is 0 Å². The lowest BCUT2D eigenvalue weighted by atomic mass is 9.92.